The molecule has 3 heterocycles. The molecular formula is C25H27N5O2. The Bertz CT molecular complexity index is 1330. The zero-order chi connectivity index (χ0) is 22.2. The Morgan fingerprint density at radius 3 is 2.47 bits per heavy atom. The van der Waals surface area contributed by atoms with Gasteiger partial charge in [0.2, 0.25) is 5.95 Å². The van der Waals surface area contributed by atoms with Crippen LogP contribution in [0.5, 0.6) is 0 Å². The number of rotatable bonds is 4. The van der Waals surface area contributed by atoms with Crippen molar-refractivity contribution in [2.45, 2.75) is 20.4 Å². The van der Waals surface area contributed by atoms with Crippen LogP contribution in [0.3, 0.4) is 0 Å². The van der Waals surface area contributed by atoms with Gasteiger partial charge in [-0.2, -0.15) is 0 Å². The number of aromatic nitrogens is 4. The molecule has 4 aromatic rings. The van der Waals surface area contributed by atoms with E-state index in [9.17, 15) is 4.79 Å². The van der Waals surface area contributed by atoms with Gasteiger partial charge >= 0.3 is 0 Å². The van der Waals surface area contributed by atoms with Crippen LogP contribution >= 0.6 is 0 Å². The first kappa shape index (κ1) is 20.5. The second kappa shape index (κ2) is 8.24. The number of hydrogen-bond donors (Lipinski definition) is 0. The van der Waals surface area contributed by atoms with Gasteiger partial charge in [-0.1, -0.05) is 29.8 Å². The first-order valence-corrected chi connectivity index (χ1v) is 10.9. The molecule has 7 nitrogen and oxygen atoms in total. The van der Waals surface area contributed by atoms with Gasteiger partial charge in [-0.15, -0.1) is 0 Å². The molecule has 1 saturated heterocycles. The van der Waals surface area contributed by atoms with Crippen LogP contribution in [0.2, 0.25) is 0 Å². The number of anilines is 1. The molecule has 1 fully saturated rings. The largest absolute Gasteiger partial charge is 0.378 e. The molecule has 164 valence electrons. The quantitative estimate of drug-likeness (QED) is 0.498. The highest BCUT2D eigenvalue weighted by Crippen LogP contribution is 2.25. The van der Waals surface area contributed by atoms with E-state index in [1.165, 1.54) is 16.7 Å². The molecule has 0 bridgehead atoms. The third kappa shape index (κ3) is 3.69. The Balaban J connectivity index is 1.52. The summed E-state index contributed by atoms with van der Waals surface area (Å²) in [6, 6.07) is 12.4. The fourth-order valence-electron chi connectivity index (χ4n) is 4.27. The van der Waals surface area contributed by atoms with E-state index in [1.807, 2.05) is 36.3 Å². The standard InChI is InChI=1S/C25H27N5O2/c1-17-4-5-18(2)20(12-17)16-30-23-13-19(6-7-22(23)24(31)28(30)3)21-14-26-25(27-15-21)29-8-10-32-11-9-29/h4-7,12-15H,8-11,16H2,1-3H3. The fourth-order valence-corrected chi connectivity index (χ4v) is 4.27. The molecular weight excluding hydrogens is 402 g/mol. The van der Waals surface area contributed by atoms with E-state index in [0.717, 1.165) is 35.7 Å². The van der Waals surface area contributed by atoms with Crippen molar-refractivity contribution in [1.82, 2.24) is 19.3 Å². The summed E-state index contributed by atoms with van der Waals surface area (Å²) in [5.74, 6) is 0.727. The van der Waals surface area contributed by atoms with Crippen LogP contribution in [0.15, 0.2) is 53.6 Å². The van der Waals surface area contributed by atoms with Gasteiger partial charge in [0.25, 0.3) is 5.56 Å². The lowest BCUT2D eigenvalue weighted by Crippen LogP contribution is -2.37. The minimum Gasteiger partial charge on any atom is -0.378 e. The lowest BCUT2D eigenvalue weighted by atomic mass is 10.1. The van der Waals surface area contributed by atoms with Crippen molar-refractivity contribution >= 4 is 16.9 Å². The van der Waals surface area contributed by atoms with Crippen molar-refractivity contribution in [3.8, 4) is 11.1 Å². The average Bonchev–Trinajstić information content (AvgIpc) is 3.06. The Morgan fingerprint density at radius 2 is 1.72 bits per heavy atom. The number of fused-ring (bicyclic) bond motifs is 1. The van der Waals surface area contributed by atoms with Crippen LogP contribution in [0.25, 0.3) is 22.0 Å². The van der Waals surface area contributed by atoms with Crippen molar-refractivity contribution in [2.75, 3.05) is 31.2 Å². The van der Waals surface area contributed by atoms with Crippen molar-refractivity contribution in [3.05, 3.63) is 75.8 Å². The number of benzene rings is 2. The van der Waals surface area contributed by atoms with Crippen molar-refractivity contribution in [2.24, 2.45) is 7.05 Å². The fraction of sp³-hybridized carbons (Fsp3) is 0.320. The predicted molar refractivity (Wildman–Crippen MR) is 126 cm³/mol. The molecule has 0 N–H and O–H groups in total. The molecule has 0 saturated carbocycles. The molecule has 1 aliphatic heterocycles. The lowest BCUT2D eigenvalue weighted by Gasteiger charge is -2.26. The Labute approximate surface area is 186 Å². The normalized spacial score (nSPS) is 14.3. The number of nitrogens with zero attached hydrogens (tertiary/aromatic N) is 5. The van der Waals surface area contributed by atoms with E-state index < -0.39 is 0 Å². The van der Waals surface area contributed by atoms with Gasteiger partial charge < -0.3 is 9.64 Å². The molecule has 0 atom stereocenters. The summed E-state index contributed by atoms with van der Waals surface area (Å²) < 4.78 is 9.16. The van der Waals surface area contributed by atoms with Crippen LogP contribution in [0, 0.1) is 13.8 Å². The molecule has 2 aromatic carbocycles. The second-order valence-corrected chi connectivity index (χ2v) is 8.42. The molecule has 1 aliphatic rings. The second-order valence-electron chi connectivity index (χ2n) is 8.42. The first-order chi connectivity index (χ1) is 15.5. The molecule has 0 radical (unpaired) electrons. The third-order valence-corrected chi connectivity index (χ3v) is 6.25. The van der Waals surface area contributed by atoms with E-state index in [1.54, 1.807) is 4.68 Å². The highest BCUT2D eigenvalue weighted by Gasteiger charge is 2.16. The maximum Gasteiger partial charge on any atom is 0.274 e. The van der Waals surface area contributed by atoms with Crippen LogP contribution < -0.4 is 10.5 Å². The molecule has 0 amide bonds. The predicted octanol–water partition coefficient (Wildman–Crippen LogP) is 3.30. The molecule has 32 heavy (non-hydrogen) atoms. The molecule has 0 aliphatic carbocycles. The zero-order valence-corrected chi connectivity index (χ0v) is 18.7. The van der Waals surface area contributed by atoms with Gasteiger partial charge in [0.15, 0.2) is 0 Å². The molecule has 5 rings (SSSR count). The Kier molecular flexibility index (Phi) is 5.27. The van der Waals surface area contributed by atoms with Crippen LogP contribution in [0.4, 0.5) is 5.95 Å². The van der Waals surface area contributed by atoms with Crippen LogP contribution in [-0.2, 0) is 18.3 Å². The van der Waals surface area contributed by atoms with Crippen molar-refractivity contribution in [1.29, 1.82) is 0 Å². The SMILES string of the molecule is Cc1ccc(C)c(Cn2c3cc(-c4cnc(N5CCOCC5)nc4)ccc3c(=O)n2C)c1. The summed E-state index contributed by atoms with van der Waals surface area (Å²) in [6.07, 6.45) is 3.71. The minimum atomic E-state index is 0.00997. The topological polar surface area (TPSA) is 65.2 Å². The van der Waals surface area contributed by atoms with Gasteiger partial charge in [0.1, 0.15) is 0 Å². The summed E-state index contributed by atoms with van der Waals surface area (Å²) in [4.78, 5) is 24.2. The summed E-state index contributed by atoms with van der Waals surface area (Å²) in [7, 11) is 1.83. The number of morpholine rings is 1. The molecule has 7 heteroatoms. The van der Waals surface area contributed by atoms with E-state index in [0.29, 0.717) is 25.1 Å². The van der Waals surface area contributed by atoms with Gasteiger partial charge in [-0.3, -0.25) is 14.2 Å². The van der Waals surface area contributed by atoms with Gasteiger partial charge in [-0.05, 0) is 42.7 Å². The van der Waals surface area contributed by atoms with E-state index in [-0.39, 0.29) is 5.56 Å². The van der Waals surface area contributed by atoms with Gasteiger partial charge in [-0.25, -0.2) is 9.97 Å². The minimum absolute atomic E-state index is 0.00997. The number of hydrogen-bond acceptors (Lipinski definition) is 5. The monoisotopic (exact) mass is 429 g/mol. The van der Waals surface area contributed by atoms with Crippen LogP contribution in [0.1, 0.15) is 16.7 Å². The van der Waals surface area contributed by atoms with Crippen molar-refractivity contribution in [3.63, 3.8) is 0 Å². The summed E-state index contributed by atoms with van der Waals surface area (Å²) in [6.45, 7) is 7.85. The first-order valence-electron chi connectivity index (χ1n) is 10.9. The Hall–Kier alpha value is -3.45. The average molecular weight is 430 g/mol. The maximum absolute atomic E-state index is 12.9. The maximum atomic E-state index is 12.9. The van der Waals surface area contributed by atoms with Crippen molar-refractivity contribution < 1.29 is 4.74 Å². The summed E-state index contributed by atoms with van der Waals surface area (Å²) >= 11 is 0. The van der Waals surface area contributed by atoms with E-state index in [4.69, 9.17) is 4.74 Å². The molecule has 0 spiro atoms. The number of aryl methyl sites for hydroxylation is 2. The van der Waals surface area contributed by atoms with Gasteiger partial charge in [0.05, 0.1) is 30.7 Å². The van der Waals surface area contributed by atoms with E-state index >= 15 is 0 Å². The number of ether oxygens (including phenoxy) is 1. The molecule has 0 unspecified atom stereocenters. The smallest absolute Gasteiger partial charge is 0.274 e. The molecule has 2 aromatic heterocycles. The highest BCUT2D eigenvalue weighted by molar-refractivity contribution is 5.84. The Morgan fingerprint density at radius 1 is 0.969 bits per heavy atom. The lowest BCUT2D eigenvalue weighted by molar-refractivity contribution is 0.122. The van der Waals surface area contributed by atoms with E-state index in [2.05, 4.69) is 53.0 Å². The summed E-state index contributed by atoms with van der Waals surface area (Å²) in [5.41, 5.74) is 6.48. The van der Waals surface area contributed by atoms with Gasteiger partial charge in [0, 0.05) is 38.1 Å². The zero-order valence-electron chi connectivity index (χ0n) is 18.7. The third-order valence-electron chi connectivity index (χ3n) is 6.25. The van der Waals surface area contributed by atoms with Crippen LogP contribution in [-0.4, -0.2) is 45.6 Å². The summed E-state index contributed by atoms with van der Waals surface area (Å²) in [5, 5.41) is 0.715. The highest BCUT2D eigenvalue weighted by atomic mass is 16.5.